The van der Waals surface area contributed by atoms with Gasteiger partial charge in [0, 0.05) is 11.8 Å². The molecule has 0 bridgehead atoms. The predicted molar refractivity (Wildman–Crippen MR) is 93.2 cm³/mol. The van der Waals surface area contributed by atoms with Crippen LogP contribution in [0.5, 0.6) is 0 Å². The third-order valence-electron chi connectivity index (χ3n) is 3.79. The highest BCUT2D eigenvalue weighted by atomic mass is 15.5. The smallest absolute Gasteiger partial charge is 0.155 e. The van der Waals surface area contributed by atoms with Gasteiger partial charge in [-0.15, -0.1) is 5.10 Å². The Kier molecular flexibility index (Phi) is 3.56. The average molecular weight is 327 g/mol. The second kappa shape index (κ2) is 6.02. The number of fused-ring (bicyclic) bond motifs is 1. The number of pyridine rings is 2. The SMILES string of the molecule is N#Cc1ccccc1-c1cc2nn(Cc3ccccn3)nc2c(N)n1. The zero-order valence-electron chi connectivity index (χ0n) is 13.2. The van der Waals surface area contributed by atoms with Crippen LogP contribution >= 0.6 is 0 Å². The lowest BCUT2D eigenvalue weighted by molar-refractivity contribution is 0.591. The fraction of sp³-hybridized carbons (Fsp3) is 0.0556. The van der Waals surface area contributed by atoms with Gasteiger partial charge < -0.3 is 5.73 Å². The van der Waals surface area contributed by atoms with Gasteiger partial charge in [0.05, 0.1) is 23.0 Å². The number of hydrogen-bond donors (Lipinski definition) is 1. The van der Waals surface area contributed by atoms with Gasteiger partial charge in [0.25, 0.3) is 0 Å². The maximum atomic E-state index is 9.28. The van der Waals surface area contributed by atoms with Crippen LogP contribution in [0.15, 0.2) is 54.7 Å². The van der Waals surface area contributed by atoms with E-state index in [2.05, 4.69) is 26.2 Å². The Morgan fingerprint density at radius 2 is 1.92 bits per heavy atom. The lowest BCUT2D eigenvalue weighted by Gasteiger charge is -2.04. The number of nitrogen functional groups attached to an aromatic ring is 1. The summed E-state index contributed by atoms with van der Waals surface area (Å²) in [6, 6.07) is 16.9. The first-order valence-electron chi connectivity index (χ1n) is 7.65. The minimum atomic E-state index is 0.285. The monoisotopic (exact) mass is 327 g/mol. The minimum absolute atomic E-state index is 0.285. The molecule has 0 amide bonds. The molecule has 0 aliphatic heterocycles. The summed E-state index contributed by atoms with van der Waals surface area (Å²) in [6.45, 7) is 0.444. The molecule has 4 rings (SSSR count). The Labute approximate surface area is 143 Å². The van der Waals surface area contributed by atoms with Crippen molar-refractivity contribution in [2.24, 2.45) is 0 Å². The van der Waals surface area contributed by atoms with Crippen molar-refractivity contribution in [3.63, 3.8) is 0 Å². The fourth-order valence-corrected chi connectivity index (χ4v) is 2.63. The molecule has 0 aliphatic carbocycles. The number of aromatic nitrogens is 5. The van der Waals surface area contributed by atoms with E-state index in [0.29, 0.717) is 28.8 Å². The number of anilines is 1. The van der Waals surface area contributed by atoms with Crippen LogP contribution in [0.2, 0.25) is 0 Å². The molecule has 0 spiro atoms. The van der Waals surface area contributed by atoms with Crippen LogP contribution in [0.4, 0.5) is 5.82 Å². The molecule has 1 aromatic carbocycles. The van der Waals surface area contributed by atoms with Crippen molar-refractivity contribution in [1.29, 1.82) is 5.26 Å². The quantitative estimate of drug-likeness (QED) is 0.619. The van der Waals surface area contributed by atoms with E-state index in [-0.39, 0.29) is 5.82 Å². The first-order chi connectivity index (χ1) is 12.2. The van der Waals surface area contributed by atoms with Crippen LogP contribution in [0, 0.1) is 11.3 Å². The van der Waals surface area contributed by atoms with E-state index in [4.69, 9.17) is 5.73 Å². The van der Waals surface area contributed by atoms with E-state index in [1.165, 1.54) is 0 Å². The zero-order valence-corrected chi connectivity index (χ0v) is 13.2. The molecule has 0 unspecified atom stereocenters. The Morgan fingerprint density at radius 3 is 2.72 bits per heavy atom. The summed E-state index contributed by atoms with van der Waals surface area (Å²) in [5.74, 6) is 0.285. The molecule has 0 fully saturated rings. The maximum absolute atomic E-state index is 9.28. The van der Waals surface area contributed by atoms with Gasteiger partial charge in [0.1, 0.15) is 12.1 Å². The summed E-state index contributed by atoms with van der Waals surface area (Å²) >= 11 is 0. The van der Waals surface area contributed by atoms with Crippen molar-refractivity contribution in [2.45, 2.75) is 6.54 Å². The Bertz CT molecular complexity index is 1090. The van der Waals surface area contributed by atoms with E-state index in [1.54, 1.807) is 23.1 Å². The summed E-state index contributed by atoms with van der Waals surface area (Å²) in [6.07, 6.45) is 1.73. The van der Waals surface area contributed by atoms with Gasteiger partial charge in [0.15, 0.2) is 11.3 Å². The zero-order chi connectivity index (χ0) is 17.2. The highest BCUT2D eigenvalue weighted by molar-refractivity contribution is 5.88. The Balaban J connectivity index is 1.79. The maximum Gasteiger partial charge on any atom is 0.155 e. The molecule has 4 aromatic rings. The van der Waals surface area contributed by atoms with E-state index in [0.717, 1.165) is 11.3 Å². The van der Waals surface area contributed by atoms with Crippen LogP contribution < -0.4 is 5.73 Å². The summed E-state index contributed by atoms with van der Waals surface area (Å²) < 4.78 is 0. The molecule has 2 N–H and O–H groups in total. The average Bonchev–Trinajstić information content (AvgIpc) is 3.05. The van der Waals surface area contributed by atoms with Crippen LogP contribution in [-0.4, -0.2) is 25.0 Å². The van der Waals surface area contributed by atoms with Gasteiger partial charge in [-0.2, -0.15) is 15.2 Å². The summed E-state index contributed by atoms with van der Waals surface area (Å²) in [5.41, 5.74) is 9.95. The minimum Gasteiger partial charge on any atom is -0.382 e. The number of nitrogens with zero attached hydrogens (tertiary/aromatic N) is 6. The van der Waals surface area contributed by atoms with Crippen LogP contribution in [0.1, 0.15) is 11.3 Å². The van der Waals surface area contributed by atoms with E-state index in [1.807, 2.05) is 36.4 Å². The largest absolute Gasteiger partial charge is 0.382 e. The third kappa shape index (κ3) is 2.77. The normalized spacial score (nSPS) is 10.7. The lowest BCUT2D eigenvalue weighted by Crippen LogP contribution is -2.04. The van der Waals surface area contributed by atoms with Gasteiger partial charge in [-0.3, -0.25) is 4.98 Å². The molecule has 7 nitrogen and oxygen atoms in total. The van der Waals surface area contributed by atoms with Crippen molar-refractivity contribution in [3.8, 4) is 17.3 Å². The molecule has 0 radical (unpaired) electrons. The van der Waals surface area contributed by atoms with Gasteiger partial charge >= 0.3 is 0 Å². The van der Waals surface area contributed by atoms with E-state index < -0.39 is 0 Å². The van der Waals surface area contributed by atoms with E-state index >= 15 is 0 Å². The topological polar surface area (TPSA) is 106 Å². The number of rotatable bonds is 3. The van der Waals surface area contributed by atoms with Gasteiger partial charge in [0.2, 0.25) is 0 Å². The first-order valence-corrected chi connectivity index (χ1v) is 7.65. The molecule has 3 aromatic heterocycles. The molecule has 7 heteroatoms. The highest BCUT2D eigenvalue weighted by Crippen LogP contribution is 2.26. The van der Waals surface area contributed by atoms with Crippen LogP contribution in [-0.2, 0) is 6.54 Å². The molecule has 25 heavy (non-hydrogen) atoms. The predicted octanol–water partition coefficient (Wildman–Crippen LogP) is 2.39. The molecule has 0 atom stereocenters. The first kappa shape index (κ1) is 14.8. The highest BCUT2D eigenvalue weighted by Gasteiger charge is 2.13. The fourth-order valence-electron chi connectivity index (χ4n) is 2.63. The van der Waals surface area contributed by atoms with Crippen molar-refractivity contribution in [2.75, 3.05) is 5.73 Å². The van der Waals surface area contributed by atoms with Crippen molar-refractivity contribution in [3.05, 3.63) is 66.0 Å². The summed E-state index contributed by atoms with van der Waals surface area (Å²) in [4.78, 5) is 10.2. The second-order valence-corrected chi connectivity index (χ2v) is 5.47. The van der Waals surface area contributed by atoms with Gasteiger partial charge in [-0.25, -0.2) is 4.98 Å². The number of benzene rings is 1. The standard InChI is InChI=1S/C18H13N7/c19-10-12-5-1-2-7-14(12)15-9-16-17(18(20)22-15)24-25(23-16)11-13-6-3-4-8-21-13/h1-9H,11H2,(H2,20,22). The molecule has 0 aliphatic rings. The molecule has 0 saturated carbocycles. The third-order valence-corrected chi connectivity index (χ3v) is 3.79. The van der Waals surface area contributed by atoms with Crippen molar-refractivity contribution >= 4 is 16.9 Å². The van der Waals surface area contributed by atoms with Gasteiger partial charge in [-0.1, -0.05) is 24.3 Å². The molecular formula is C18H13N7. The Morgan fingerprint density at radius 1 is 1.08 bits per heavy atom. The Hall–Kier alpha value is -3.79. The van der Waals surface area contributed by atoms with E-state index in [9.17, 15) is 5.26 Å². The molecule has 3 heterocycles. The summed E-state index contributed by atoms with van der Waals surface area (Å²) in [7, 11) is 0. The van der Waals surface area contributed by atoms with Gasteiger partial charge in [-0.05, 0) is 24.3 Å². The summed E-state index contributed by atoms with van der Waals surface area (Å²) in [5, 5.41) is 18.2. The second-order valence-electron chi connectivity index (χ2n) is 5.47. The number of hydrogen-bond acceptors (Lipinski definition) is 6. The van der Waals surface area contributed by atoms with Crippen LogP contribution in [0.25, 0.3) is 22.3 Å². The number of nitriles is 1. The molecular weight excluding hydrogens is 314 g/mol. The van der Waals surface area contributed by atoms with Crippen molar-refractivity contribution in [1.82, 2.24) is 25.0 Å². The molecule has 120 valence electrons. The lowest BCUT2D eigenvalue weighted by atomic mass is 10.0. The molecule has 0 saturated heterocycles. The number of nitrogens with two attached hydrogens (primary N) is 1. The van der Waals surface area contributed by atoms with Crippen LogP contribution in [0.3, 0.4) is 0 Å². The van der Waals surface area contributed by atoms with Crippen molar-refractivity contribution < 1.29 is 0 Å².